The van der Waals surface area contributed by atoms with Gasteiger partial charge in [-0.3, -0.25) is 9.59 Å². The minimum Gasteiger partial charge on any atom is -0.367 e. The second kappa shape index (κ2) is 13.8. The number of rotatable bonds is 7. The Bertz CT molecular complexity index is 669. The van der Waals surface area contributed by atoms with Gasteiger partial charge < -0.3 is 25.6 Å². The summed E-state index contributed by atoms with van der Waals surface area (Å²) < 4.78 is 44.3. The van der Waals surface area contributed by atoms with E-state index < -0.39 is 18.9 Å². The number of ether oxygens (including phenoxy) is 1. The molecular weight excluding hydrogens is 461 g/mol. The first-order chi connectivity index (χ1) is 16.7. The van der Waals surface area contributed by atoms with Crippen molar-refractivity contribution in [2.45, 2.75) is 95.5 Å². The molecule has 35 heavy (non-hydrogen) atoms. The average molecular weight is 505 g/mol. The number of hydrogen-bond acceptors (Lipinski definition) is 5. The van der Waals surface area contributed by atoms with E-state index >= 15 is 0 Å². The van der Waals surface area contributed by atoms with Gasteiger partial charge in [-0.05, 0) is 25.2 Å². The molecule has 2 saturated heterocycles. The summed E-state index contributed by atoms with van der Waals surface area (Å²) in [6.45, 7) is 2.49. The molecule has 3 unspecified atom stereocenters. The third kappa shape index (κ3) is 9.53. The van der Waals surface area contributed by atoms with Crippen molar-refractivity contribution < 1.29 is 27.5 Å². The van der Waals surface area contributed by atoms with Crippen molar-refractivity contribution in [2.75, 3.05) is 39.3 Å². The van der Waals surface area contributed by atoms with Gasteiger partial charge in [0.15, 0.2) is 0 Å². The standard InChI is InChI=1S/C25H43F3N4O3/c1-18(31-23(33)16-32-12-11-29-15-24(32)34)21-13-20(22(14-30-21)35-17-25(26,27)28)19-9-7-5-3-2-4-6-8-10-19/h18-22,29-30H,2-17H2,1H3,(H,31,33)/t18-,20?,21?,22?/m1/s1. The predicted octanol–water partition coefficient (Wildman–Crippen LogP) is 2.99. The van der Waals surface area contributed by atoms with E-state index in [9.17, 15) is 22.8 Å². The molecule has 3 rings (SSSR count). The summed E-state index contributed by atoms with van der Waals surface area (Å²) in [5.41, 5.74) is 0. The first kappa shape index (κ1) is 28.2. The van der Waals surface area contributed by atoms with E-state index in [1.807, 2.05) is 6.92 Å². The molecule has 0 radical (unpaired) electrons. The lowest BCUT2D eigenvalue weighted by Gasteiger charge is -2.43. The average Bonchev–Trinajstić information content (AvgIpc) is 2.82. The number of carbonyl (C=O) groups is 2. The number of hydrogen-bond donors (Lipinski definition) is 3. The molecule has 202 valence electrons. The van der Waals surface area contributed by atoms with Crippen LogP contribution < -0.4 is 16.0 Å². The summed E-state index contributed by atoms with van der Waals surface area (Å²) in [6, 6.07) is -0.255. The van der Waals surface area contributed by atoms with E-state index in [0.717, 1.165) is 25.7 Å². The highest BCUT2D eigenvalue weighted by atomic mass is 19.4. The molecule has 2 amide bonds. The molecule has 2 heterocycles. The van der Waals surface area contributed by atoms with Gasteiger partial charge in [0.05, 0.1) is 19.2 Å². The summed E-state index contributed by atoms with van der Waals surface area (Å²) >= 11 is 0. The second-order valence-electron chi connectivity index (χ2n) is 10.5. The lowest BCUT2D eigenvalue weighted by molar-refractivity contribution is -0.195. The highest BCUT2D eigenvalue weighted by Gasteiger charge is 2.40. The number of alkyl halides is 3. The molecule has 0 bridgehead atoms. The molecule has 0 aromatic carbocycles. The largest absolute Gasteiger partial charge is 0.411 e. The number of nitrogens with one attached hydrogen (secondary N) is 3. The molecule has 1 saturated carbocycles. The Morgan fingerprint density at radius 3 is 2.43 bits per heavy atom. The summed E-state index contributed by atoms with van der Waals surface area (Å²) in [6.07, 6.45) is 6.18. The summed E-state index contributed by atoms with van der Waals surface area (Å²) in [5, 5.41) is 9.35. The zero-order valence-corrected chi connectivity index (χ0v) is 21.0. The lowest BCUT2D eigenvalue weighted by atomic mass is 9.74. The Balaban J connectivity index is 1.61. The van der Waals surface area contributed by atoms with Crippen molar-refractivity contribution >= 4 is 11.8 Å². The summed E-state index contributed by atoms with van der Waals surface area (Å²) in [5.74, 6) is 0.0604. The van der Waals surface area contributed by atoms with Crippen LogP contribution in [0.3, 0.4) is 0 Å². The van der Waals surface area contributed by atoms with Gasteiger partial charge in [-0.25, -0.2) is 0 Å². The van der Waals surface area contributed by atoms with Crippen molar-refractivity contribution in [3.63, 3.8) is 0 Å². The number of piperidine rings is 1. The predicted molar refractivity (Wildman–Crippen MR) is 128 cm³/mol. The number of carbonyl (C=O) groups excluding carboxylic acids is 2. The smallest absolute Gasteiger partial charge is 0.367 e. The quantitative estimate of drug-likeness (QED) is 0.497. The van der Waals surface area contributed by atoms with Crippen molar-refractivity contribution in [1.82, 2.24) is 20.9 Å². The van der Waals surface area contributed by atoms with Crippen LogP contribution in [0.4, 0.5) is 13.2 Å². The van der Waals surface area contributed by atoms with Gasteiger partial charge in [0, 0.05) is 31.7 Å². The Kier molecular flexibility index (Phi) is 11.1. The molecule has 0 aromatic heterocycles. The molecule has 4 atom stereocenters. The minimum absolute atomic E-state index is 0.0251. The third-order valence-electron chi connectivity index (χ3n) is 7.82. The zero-order valence-electron chi connectivity index (χ0n) is 21.0. The minimum atomic E-state index is -4.35. The topological polar surface area (TPSA) is 82.7 Å². The summed E-state index contributed by atoms with van der Waals surface area (Å²) in [4.78, 5) is 26.2. The van der Waals surface area contributed by atoms with E-state index in [1.54, 1.807) is 4.90 Å². The highest BCUT2D eigenvalue weighted by molar-refractivity contribution is 5.86. The molecule has 0 spiro atoms. The van der Waals surface area contributed by atoms with Crippen LogP contribution in [0, 0.1) is 11.8 Å². The van der Waals surface area contributed by atoms with E-state index in [1.165, 1.54) is 32.1 Å². The Hall–Kier alpha value is -1.39. The van der Waals surface area contributed by atoms with Gasteiger partial charge in [-0.15, -0.1) is 0 Å². The molecular formula is C25H43F3N4O3. The van der Waals surface area contributed by atoms with Gasteiger partial charge in [-0.2, -0.15) is 13.2 Å². The van der Waals surface area contributed by atoms with E-state index in [-0.39, 0.29) is 42.9 Å². The number of halogens is 3. The Labute approximate surface area is 207 Å². The van der Waals surface area contributed by atoms with Crippen LogP contribution in [0.1, 0.15) is 71.1 Å². The van der Waals surface area contributed by atoms with Crippen LogP contribution in [0.15, 0.2) is 0 Å². The molecule has 2 aliphatic heterocycles. The maximum Gasteiger partial charge on any atom is 0.411 e. The third-order valence-corrected chi connectivity index (χ3v) is 7.82. The SMILES string of the molecule is C[C@@H](NC(=O)CN1CCNCC1=O)C1CC(C2CCCCCCCCC2)C(OCC(F)(F)F)CN1. The fourth-order valence-corrected chi connectivity index (χ4v) is 5.86. The van der Waals surface area contributed by atoms with Gasteiger partial charge in [0.2, 0.25) is 11.8 Å². The van der Waals surface area contributed by atoms with Gasteiger partial charge in [-0.1, -0.05) is 57.8 Å². The molecule has 3 aliphatic rings. The molecule has 3 N–H and O–H groups in total. The van der Waals surface area contributed by atoms with Crippen molar-refractivity contribution in [3.8, 4) is 0 Å². The van der Waals surface area contributed by atoms with E-state index in [4.69, 9.17) is 4.74 Å². The van der Waals surface area contributed by atoms with Crippen LogP contribution in [0.5, 0.6) is 0 Å². The molecule has 3 fully saturated rings. The monoisotopic (exact) mass is 504 g/mol. The van der Waals surface area contributed by atoms with Crippen LogP contribution in [0.2, 0.25) is 0 Å². The molecule has 10 heteroatoms. The second-order valence-corrected chi connectivity index (χ2v) is 10.5. The first-order valence-corrected chi connectivity index (χ1v) is 13.4. The zero-order chi connectivity index (χ0) is 25.3. The number of piperazine rings is 1. The van der Waals surface area contributed by atoms with Crippen LogP contribution >= 0.6 is 0 Å². The van der Waals surface area contributed by atoms with Gasteiger partial charge in [0.25, 0.3) is 0 Å². The molecule has 7 nitrogen and oxygen atoms in total. The van der Waals surface area contributed by atoms with Crippen molar-refractivity contribution in [3.05, 3.63) is 0 Å². The van der Waals surface area contributed by atoms with E-state index in [2.05, 4.69) is 16.0 Å². The summed E-state index contributed by atoms with van der Waals surface area (Å²) in [7, 11) is 0. The van der Waals surface area contributed by atoms with Gasteiger partial charge >= 0.3 is 6.18 Å². The van der Waals surface area contributed by atoms with E-state index in [0.29, 0.717) is 32.0 Å². The van der Waals surface area contributed by atoms with Gasteiger partial charge in [0.1, 0.15) is 6.61 Å². The fourth-order valence-electron chi connectivity index (χ4n) is 5.86. The van der Waals surface area contributed by atoms with Crippen molar-refractivity contribution in [2.24, 2.45) is 11.8 Å². The van der Waals surface area contributed by atoms with Crippen LogP contribution in [0.25, 0.3) is 0 Å². The maximum absolute atomic E-state index is 12.9. The highest BCUT2D eigenvalue weighted by Crippen LogP contribution is 2.36. The van der Waals surface area contributed by atoms with Crippen LogP contribution in [-0.4, -0.2) is 80.4 Å². The Morgan fingerprint density at radius 1 is 1.14 bits per heavy atom. The lowest BCUT2D eigenvalue weighted by Crippen LogP contribution is -2.59. The van der Waals surface area contributed by atoms with Crippen LogP contribution in [-0.2, 0) is 14.3 Å². The molecule has 1 aliphatic carbocycles. The number of nitrogens with zero attached hydrogens (tertiary/aromatic N) is 1. The van der Waals surface area contributed by atoms with Crippen molar-refractivity contribution in [1.29, 1.82) is 0 Å². The Morgan fingerprint density at radius 2 is 1.80 bits per heavy atom. The normalized spacial score (nSPS) is 29.0. The maximum atomic E-state index is 12.9. The molecule has 0 aromatic rings. The fraction of sp³-hybridized carbons (Fsp3) is 0.920. The number of amides is 2. The first-order valence-electron chi connectivity index (χ1n) is 13.4.